The van der Waals surface area contributed by atoms with Crippen LogP contribution in [0.25, 0.3) is 0 Å². The number of furan rings is 1. The fourth-order valence-electron chi connectivity index (χ4n) is 2.38. The topological polar surface area (TPSA) is 77.1 Å². The van der Waals surface area contributed by atoms with Crippen LogP contribution in [0.1, 0.15) is 30.2 Å². The maximum absolute atomic E-state index is 12.2. The molecule has 19 heavy (non-hydrogen) atoms. The van der Waals surface area contributed by atoms with Crippen LogP contribution in [0.2, 0.25) is 0 Å². The molecule has 2 heterocycles. The van der Waals surface area contributed by atoms with E-state index in [0.717, 1.165) is 30.6 Å². The second kappa shape index (κ2) is 4.50. The first-order valence-corrected chi connectivity index (χ1v) is 7.61. The van der Waals surface area contributed by atoms with E-state index in [1.165, 1.54) is 12.5 Å². The first kappa shape index (κ1) is 12.4. The van der Waals surface area contributed by atoms with E-state index in [-0.39, 0.29) is 11.1 Å². The number of aryl methyl sites for hydroxylation is 2. The standard InChI is InChI=1S/C12H15N3O3S/c1-15-7-12(13-8-15)19(16,17)14-10-3-2-4-11-9(10)5-6-18-11/h5-8,10,14H,2-4H2,1H3/t10-/m1/s1. The quantitative estimate of drug-likeness (QED) is 0.921. The van der Waals surface area contributed by atoms with Gasteiger partial charge in [-0.05, 0) is 18.9 Å². The first-order valence-electron chi connectivity index (χ1n) is 6.13. The van der Waals surface area contributed by atoms with E-state index in [4.69, 9.17) is 4.42 Å². The number of fused-ring (bicyclic) bond motifs is 1. The zero-order valence-corrected chi connectivity index (χ0v) is 11.4. The molecule has 7 heteroatoms. The summed E-state index contributed by atoms with van der Waals surface area (Å²) in [5, 5.41) is 0.0469. The molecule has 0 radical (unpaired) electrons. The third kappa shape index (κ3) is 2.31. The molecule has 102 valence electrons. The number of nitrogens with one attached hydrogen (secondary N) is 1. The minimum atomic E-state index is -3.58. The molecule has 0 aromatic carbocycles. The van der Waals surface area contributed by atoms with Crippen LogP contribution in [0.5, 0.6) is 0 Å². The molecule has 0 bridgehead atoms. The van der Waals surface area contributed by atoms with Crippen molar-refractivity contribution in [2.45, 2.75) is 30.3 Å². The molecule has 2 aromatic heterocycles. The molecule has 3 rings (SSSR count). The fourth-order valence-corrected chi connectivity index (χ4v) is 3.62. The molecule has 0 aliphatic heterocycles. The first-order chi connectivity index (χ1) is 9.06. The molecular weight excluding hydrogens is 266 g/mol. The van der Waals surface area contributed by atoms with E-state index in [0.29, 0.717) is 0 Å². The molecule has 0 saturated carbocycles. The zero-order valence-electron chi connectivity index (χ0n) is 10.5. The maximum Gasteiger partial charge on any atom is 0.260 e. The van der Waals surface area contributed by atoms with Gasteiger partial charge in [-0.1, -0.05) is 0 Å². The summed E-state index contributed by atoms with van der Waals surface area (Å²) >= 11 is 0. The summed E-state index contributed by atoms with van der Waals surface area (Å²) in [6.45, 7) is 0. The Balaban J connectivity index is 1.87. The normalized spacial score (nSPS) is 19.3. The molecule has 6 nitrogen and oxygen atoms in total. The Morgan fingerprint density at radius 3 is 3.11 bits per heavy atom. The Hall–Kier alpha value is -1.60. The van der Waals surface area contributed by atoms with Gasteiger partial charge >= 0.3 is 0 Å². The lowest BCUT2D eigenvalue weighted by molar-refractivity contribution is 0.438. The summed E-state index contributed by atoms with van der Waals surface area (Å²) in [5.74, 6) is 0.875. The van der Waals surface area contributed by atoms with E-state index in [9.17, 15) is 8.42 Å². The average molecular weight is 281 g/mol. The molecule has 0 amide bonds. The number of aromatic nitrogens is 2. The number of hydrogen-bond acceptors (Lipinski definition) is 4. The molecule has 1 aliphatic rings. The van der Waals surface area contributed by atoms with Crippen LogP contribution < -0.4 is 4.72 Å². The van der Waals surface area contributed by atoms with E-state index in [1.807, 2.05) is 6.07 Å². The largest absolute Gasteiger partial charge is 0.469 e. The number of imidazole rings is 1. The van der Waals surface area contributed by atoms with Crippen molar-refractivity contribution in [2.24, 2.45) is 7.05 Å². The summed E-state index contributed by atoms with van der Waals surface area (Å²) in [6.07, 6.45) is 7.12. The van der Waals surface area contributed by atoms with Crippen LogP contribution in [-0.2, 0) is 23.5 Å². The summed E-state index contributed by atoms with van der Waals surface area (Å²) in [5.41, 5.74) is 0.936. The van der Waals surface area contributed by atoms with Gasteiger partial charge in [-0.2, -0.15) is 0 Å². The van der Waals surface area contributed by atoms with Crippen molar-refractivity contribution in [3.8, 4) is 0 Å². The highest BCUT2D eigenvalue weighted by Crippen LogP contribution is 2.31. The molecule has 1 aliphatic carbocycles. The SMILES string of the molecule is Cn1cnc(S(=O)(=O)N[C@@H]2CCCc3occc32)c1. The molecule has 0 spiro atoms. The molecule has 1 atom stereocenters. The second-order valence-corrected chi connectivity index (χ2v) is 6.40. The third-order valence-corrected chi connectivity index (χ3v) is 4.66. The van der Waals surface area contributed by atoms with Crippen LogP contribution in [-0.4, -0.2) is 18.0 Å². The predicted octanol–water partition coefficient (Wildman–Crippen LogP) is 1.37. The van der Waals surface area contributed by atoms with Crippen LogP contribution in [0.4, 0.5) is 0 Å². The lowest BCUT2D eigenvalue weighted by atomic mass is 9.94. The Kier molecular flexibility index (Phi) is 2.94. The Labute approximate surface area is 111 Å². The molecule has 0 unspecified atom stereocenters. The Bertz CT molecular complexity index is 687. The average Bonchev–Trinajstić information content (AvgIpc) is 2.97. The minimum absolute atomic E-state index is 0.0469. The van der Waals surface area contributed by atoms with Gasteiger partial charge in [0.15, 0.2) is 5.03 Å². The van der Waals surface area contributed by atoms with Crippen LogP contribution in [0.15, 0.2) is 34.3 Å². The van der Waals surface area contributed by atoms with Gasteiger partial charge in [-0.15, -0.1) is 0 Å². The summed E-state index contributed by atoms with van der Waals surface area (Å²) < 4.78 is 34.1. The number of sulfonamides is 1. The number of nitrogens with zero attached hydrogens (tertiary/aromatic N) is 2. The van der Waals surface area contributed by atoms with Gasteiger partial charge in [0.05, 0.1) is 18.6 Å². The van der Waals surface area contributed by atoms with E-state index < -0.39 is 10.0 Å². The number of hydrogen-bond donors (Lipinski definition) is 1. The molecule has 1 N–H and O–H groups in total. The van der Waals surface area contributed by atoms with E-state index >= 15 is 0 Å². The fraction of sp³-hybridized carbons (Fsp3) is 0.417. The van der Waals surface area contributed by atoms with Gasteiger partial charge in [0, 0.05) is 25.2 Å². The van der Waals surface area contributed by atoms with Gasteiger partial charge in [-0.25, -0.2) is 18.1 Å². The highest BCUT2D eigenvalue weighted by Gasteiger charge is 2.28. The number of rotatable bonds is 3. The smallest absolute Gasteiger partial charge is 0.260 e. The van der Waals surface area contributed by atoms with Gasteiger partial charge in [0.25, 0.3) is 10.0 Å². The highest BCUT2D eigenvalue weighted by atomic mass is 32.2. The van der Waals surface area contributed by atoms with Crippen molar-refractivity contribution in [2.75, 3.05) is 0 Å². The molecule has 0 fully saturated rings. The van der Waals surface area contributed by atoms with Gasteiger partial charge < -0.3 is 8.98 Å². The van der Waals surface area contributed by atoms with E-state index in [2.05, 4.69) is 9.71 Å². The summed E-state index contributed by atoms with van der Waals surface area (Å²) in [6, 6.07) is 1.61. The van der Waals surface area contributed by atoms with Crippen LogP contribution in [0.3, 0.4) is 0 Å². The van der Waals surface area contributed by atoms with E-state index in [1.54, 1.807) is 17.9 Å². The highest BCUT2D eigenvalue weighted by molar-refractivity contribution is 7.89. The zero-order chi connectivity index (χ0) is 13.5. The van der Waals surface area contributed by atoms with Gasteiger partial charge in [0.2, 0.25) is 0 Å². The van der Waals surface area contributed by atoms with Crippen LogP contribution >= 0.6 is 0 Å². The van der Waals surface area contributed by atoms with Crippen molar-refractivity contribution in [1.82, 2.24) is 14.3 Å². The second-order valence-electron chi connectivity index (χ2n) is 4.74. The minimum Gasteiger partial charge on any atom is -0.469 e. The van der Waals surface area contributed by atoms with Gasteiger partial charge in [-0.3, -0.25) is 0 Å². The van der Waals surface area contributed by atoms with Crippen molar-refractivity contribution >= 4 is 10.0 Å². The third-order valence-electron chi connectivity index (χ3n) is 3.31. The summed E-state index contributed by atoms with van der Waals surface area (Å²) in [4.78, 5) is 3.89. The van der Waals surface area contributed by atoms with Crippen LogP contribution in [0, 0.1) is 0 Å². The Morgan fingerprint density at radius 1 is 1.53 bits per heavy atom. The van der Waals surface area contributed by atoms with Crippen molar-refractivity contribution < 1.29 is 12.8 Å². The van der Waals surface area contributed by atoms with Crippen molar-refractivity contribution in [3.05, 3.63) is 36.2 Å². The molecule has 2 aromatic rings. The maximum atomic E-state index is 12.2. The monoisotopic (exact) mass is 281 g/mol. The predicted molar refractivity (Wildman–Crippen MR) is 67.9 cm³/mol. The molecule has 0 saturated heterocycles. The Morgan fingerprint density at radius 2 is 2.37 bits per heavy atom. The lowest BCUT2D eigenvalue weighted by Gasteiger charge is -2.21. The van der Waals surface area contributed by atoms with Crippen molar-refractivity contribution in [1.29, 1.82) is 0 Å². The molecular formula is C12H15N3O3S. The summed E-state index contributed by atoms with van der Waals surface area (Å²) in [7, 11) is -1.85. The van der Waals surface area contributed by atoms with Crippen molar-refractivity contribution in [3.63, 3.8) is 0 Å². The lowest BCUT2D eigenvalue weighted by Crippen LogP contribution is -2.30. The van der Waals surface area contributed by atoms with Gasteiger partial charge in [0.1, 0.15) is 5.76 Å².